The predicted molar refractivity (Wildman–Crippen MR) is 112 cm³/mol. The third kappa shape index (κ3) is 17.0. The first kappa shape index (κ1) is 28.3. The van der Waals surface area contributed by atoms with Crippen LogP contribution in [-0.2, 0) is 16.0 Å². The molecular formula is C19H32BCl2NO4. The lowest BCUT2D eigenvalue weighted by Crippen LogP contribution is -2.19. The van der Waals surface area contributed by atoms with Gasteiger partial charge in [-0.2, -0.15) is 9.59 Å². The van der Waals surface area contributed by atoms with Gasteiger partial charge in [0.2, 0.25) is 0 Å². The first-order chi connectivity index (χ1) is 12.4. The van der Waals surface area contributed by atoms with E-state index < -0.39 is 7.12 Å². The van der Waals surface area contributed by atoms with Crippen molar-refractivity contribution >= 4 is 36.5 Å². The zero-order valence-electron chi connectivity index (χ0n) is 15.0. The van der Waals surface area contributed by atoms with E-state index in [0.29, 0.717) is 11.3 Å². The smallest absolute Gasteiger partial charge is 0.427 e. The van der Waals surface area contributed by atoms with E-state index in [-0.39, 0.29) is 19.6 Å². The lowest BCUT2D eigenvalue weighted by Gasteiger charge is -2.11. The summed E-state index contributed by atoms with van der Waals surface area (Å²) in [6.45, 7) is 0. The van der Waals surface area contributed by atoms with Crippen LogP contribution in [-0.4, -0.2) is 29.4 Å². The van der Waals surface area contributed by atoms with Gasteiger partial charge < -0.3 is 15.8 Å². The molecule has 0 heterocycles. The molecule has 0 amide bonds. The molecule has 1 unspecified atom stereocenters. The number of nitrogens with two attached hydrogens (primary N) is 1. The minimum atomic E-state index is -1.18. The van der Waals surface area contributed by atoms with Crippen molar-refractivity contribution < 1.29 is 19.6 Å². The quantitative estimate of drug-likeness (QED) is 0.341. The largest absolute Gasteiger partial charge is 0.451 e. The fourth-order valence-corrected chi connectivity index (χ4v) is 3.18. The van der Waals surface area contributed by atoms with E-state index in [2.05, 4.69) is 0 Å². The average Bonchev–Trinajstić information content (AvgIpc) is 2.57. The van der Waals surface area contributed by atoms with E-state index in [1.807, 2.05) is 12.1 Å². The van der Waals surface area contributed by atoms with Gasteiger partial charge in [0.05, 0.1) is 0 Å². The van der Waals surface area contributed by atoms with Gasteiger partial charge in [-0.3, -0.25) is 0 Å². The summed E-state index contributed by atoms with van der Waals surface area (Å²) in [7, 11) is -1.18. The number of rotatable bonds is 12. The Bertz CT molecular complexity index is 526. The minimum absolute atomic E-state index is 0. The number of halogens is 2. The van der Waals surface area contributed by atoms with E-state index in [1.165, 1.54) is 18.4 Å². The number of aryl methyl sites for hydroxylation is 1. The van der Waals surface area contributed by atoms with Crippen molar-refractivity contribution in [3.63, 3.8) is 0 Å². The van der Waals surface area contributed by atoms with Gasteiger partial charge in [-0.25, -0.2) is 0 Å². The molecular weight excluding hydrogens is 388 g/mol. The molecule has 0 radical (unpaired) electrons. The van der Waals surface area contributed by atoms with Gasteiger partial charge in [-0.15, -0.1) is 0 Å². The number of carbonyl (C=O) groups excluding carboxylic acids is 2. The van der Waals surface area contributed by atoms with E-state index in [4.69, 9.17) is 48.6 Å². The highest BCUT2D eigenvalue weighted by molar-refractivity contribution is 6.40. The third-order valence-corrected chi connectivity index (χ3v) is 4.66. The highest BCUT2D eigenvalue weighted by Gasteiger charge is 2.07. The van der Waals surface area contributed by atoms with Crippen LogP contribution in [0.4, 0.5) is 0 Å². The van der Waals surface area contributed by atoms with Crippen LogP contribution in [0.15, 0.2) is 18.2 Å². The van der Waals surface area contributed by atoms with Crippen LogP contribution in [0.2, 0.25) is 16.4 Å². The second kappa shape index (κ2) is 18.5. The lowest BCUT2D eigenvalue weighted by atomic mass is 9.83. The Labute approximate surface area is 173 Å². The number of hydrogen-bond donors (Lipinski definition) is 3. The highest BCUT2D eigenvalue weighted by atomic mass is 35.5. The van der Waals surface area contributed by atoms with Crippen LogP contribution >= 0.6 is 23.2 Å². The molecule has 0 aliphatic heterocycles. The zero-order chi connectivity index (χ0) is 19.8. The molecule has 1 rings (SSSR count). The molecule has 1 aromatic carbocycles. The van der Waals surface area contributed by atoms with Crippen LogP contribution < -0.4 is 5.73 Å². The lowest BCUT2D eigenvalue weighted by molar-refractivity contribution is -0.191. The molecule has 1 atom stereocenters. The summed E-state index contributed by atoms with van der Waals surface area (Å²) in [5.74, 6) is 0. The van der Waals surface area contributed by atoms with Crippen molar-refractivity contribution in [1.29, 1.82) is 0 Å². The molecule has 0 saturated carbocycles. The second-order valence-corrected chi connectivity index (χ2v) is 7.14. The molecule has 5 nitrogen and oxygen atoms in total. The standard InChI is InChI=1S/C17H28BCl2NO2.CO2.CH4/c19-15-11-10-14(17(20)13-15)7-3-1-2-4-8-16(21)9-5-6-12-18(22)23;2-1-3;/h10-11,13,16,22-23H,1-9,12,21H2;;1H4. The molecule has 0 aliphatic rings. The average molecular weight is 420 g/mol. The number of unbranched alkanes of at least 4 members (excludes halogenated alkanes) is 4. The van der Waals surface area contributed by atoms with Crippen LogP contribution in [0.5, 0.6) is 0 Å². The first-order valence-electron chi connectivity index (χ1n) is 8.95. The Kier molecular flexibility index (Phi) is 19.4. The zero-order valence-corrected chi connectivity index (χ0v) is 16.5. The fraction of sp³-hybridized carbons (Fsp3) is 0.632. The Balaban J connectivity index is 0. The van der Waals surface area contributed by atoms with Crippen LogP contribution in [0.25, 0.3) is 0 Å². The summed E-state index contributed by atoms with van der Waals surface area (Å²) in [6.07, 6.45) is 10.1. The molecule has 0 aromatic heterocycles. The SMILES string of the molecule is C.NC(CCCCCCc1ccc(Cl)cc1Cl)CCCCB(O)O.O=C=O. The van der Waals surface area contributed by atoms with Gasteiger partial charge in [0.25, 0.3) is 0 Å². The molecule has 0 saturated heterocycles. The predicted octanol–water partition coefficient (Wildman–Crippen LogP) is 4.51. The van der Waals surface area contributed by atoms with Gasteiger partial charge in [-0.05, 0) is 49.7 Å². The number of hydrogen-bond acceptors (Lipinski definition) is 5. The Morgan fingerprint density at radius 2 is 1.56 bits per heavy atom. The molecule has 0 spiro atoms. The van der Waals surface area contributed by atoms with Crippen molar-refractivity contribution in [2.45, 2.75) is 77.6 Å². The summed E-state index contributed by atoms with van der Waals surface area (Å²) >= 11 is 12.0. The molecule has 0 aliphatic carbocycles. The molecule has 1 aromatic rings. The van der Waals surface area contributed by atoms with Crippen molar-refractivity contribution in [3.8, 4) is 0 Å². The maximum absolute atomic E-state index is 8.76. The van der Waals surface area contributed by atoms with Gasteiger partial charge in [0.15, 0.2) is 0 Å². The van der Waals surface area contributed by atoms with Gasteiger partial charge >= 0.3 is 13.3 Å². The van der Waals surface area contributed by atoms with Crippen molar-refractivity contribution in [1.82, 2.24) is 0 Å². The monoisotopic (exact) mass is 419 g/mol. The second-order valence-electron chi connectivity index (χ2n) is 6.30. The maximum Gasteiger partial charge on any atom is 0.451 e. The van der Waals surface area contributed by atoms with Gasteiger partial charge in [0, 0.05) is 16.1 Å². The number of benzene rings is 1. The maximum atomic E-state index is 8.76. The Morgan fingerprint density at radius 1 is 1.00 bits per heavy atom. The van der Waals surface area contributed by atoms with Crippen molar-refractivity contribution in [2.24, 2.45) is 5.73 Å². The van der Waals surface area contributed by atoms with E-state index in [9.17, 15) is 0 Å². The minimum Gasteiger partial charge on any atom is -0.427 e. The fourth-order valence-electron chi connectivity index (χ4n) is 2.68. The van der Waals surface area contributed by atoms with E-state index in [0.717, 1.165) is 50.0 Å². The molecule has 27 heavy (non-hydrogen) atoms. The molecule has 4 N–H and O–H groups in total. The molecule has 154 valence electrons. The topological polar surface area (TPSA) is 101 Å². The molecule has 0 fully saturated rings. The first-order valence-corrected chi connectivity index (χ1v) is 9.71. The summed E-state index contributed by atoms with van der Waals surface area (Å²) in [6, 6.07) is 5.92. The van der Waals surface area contributed by atoms with Crippen LogP contribution in [0.3, 0.4) is 0 Å². The van der Waals surface area contributed by atoms with Crippen molar-refractivity contribution in [3.05, 3.63) is 33.8 Å². The molecule has 8 heteroatoms. The Hall–Kier alpha value is -0.875. The Morgan fingerprint density at radius 3 is 2.11 bits per heavy atom. The summed E-state index contributed by atoms with van der Waals surface area (Å²) in [5, 5.41) is 19.0. The van der Waals surface area contributed by atoms with Gasteiger partial charge in [0.1, 0.15) is 0 Å². The van der Waals surface area contributed by atoms with E-state index >= 15 is 0 Å². The van der Waals surface area contributed by atoms with Crippen LogP contribution in [0.1, 0.15) is 64.4 Å². The molecule has 0 bridgehead atoms. The van der Waals surface area contributed by atoms with Gasteiger partial charge in [-0.1, -0.05) is 68.8 Å². The summed E-state index contributed by atoms with van der Waals surface area (Å²) < 4.78 is 0. The van der Waals surface area contributed by atoms with Crippen LogP contribution in [0, 0.1) is 0 Å². The van der Waals surface area contributed by atoms with E-state index in [1.54, 1.807) is 6.07 Å². The highest BCUT2D eigenvalue weighted by Crippen LogP contribution is 2.23. The summed E-state index contributed by atoms with van der Waals surface area (Å²) in [5.41, 5.74) is 7.24. The summed E-state index contributed by atoms with van der Waals surface area (Å²) in [4.78, 5) is 16.2. The van der Waals surface area contributed by atoms with Crippen molar-refractivity contribution in [2.75, 3.05) is 0 Å². The normalized spacial score (nSPS) is 10.9. The third-order valence-electron chi connectivity index (χ3n) is 4.07.